The molecule has 0 bridgehead atoms. The second-order valence-electron chi connectivity index (χ2n) is 6.58. The predicted molar refractivity (Wildman–Crippen MR) is 96.3 cm³/mol. The highest BCUT2D eigenvalue weighted by molar-refractivity contribution is 9.10. The number of carbonyl (C=O) groups is 1. The Kier molecular flexibility index (Phi) is 5.54. The molecule has 2 aromatic rings. The molecule has 2 rings (SSSR count). The molecule has 2 heterocycles. The summed E-state index contributed by atoms with van der Waals surface area (Å²) in [6.07, 6.45) is 3.37. The third-order valence-corrected chi connectivity index (χ3v) is 3.62. The van der Waals surface area contributed by atoms with Gasteiger partial charge in [0.05, 0.1) is 24.0 Å². The minimum Gasteiger partial charge on any atom is -0.460 e. The summed E-state index contributed by atoms with van der Waals surface area (Å²) in [5, 5.41) is 0. The van der Waals surface area contributed by atoms with Crippen LogP contribution in [0.15, 0.2) is 29.0 Å². The number of ether oxygens (including phenoxy) is 1. The van der Waals surface area contributed by atoms with E-state index in [9.17, 15) is 4.79 Å². The molecule has 1 atom stereocenters. The van der Waals surface area contributed by atoms with Crippen molar-refractivity contribution in [2.24, 2.45) is 0 Å². The van der Waals surface area contributed by atoms with Gasteiger partial charge < -0.3 is 10.5 Å². The number of carbonyl (C=O) groups excluding carboxylic acids is 1. The molecular formula is C17H21BrN4O2. The molecule has 0 saturated carbocycles. The van der Waals surface area contributed by atoms with Crippen LogP contribution in [0.4, 0.5) is 5.82 Å². The number of esters is 1. The van der Waals surface area contributed by atoms with Crippen LogP contribution in [0.2, 0.25) is 0 Å². The first-order valence-electron chi connectivity index (χ1n) is 7.62. The molecule has 0 saturated heterocycles. The molecule has 0 aliphatic heterocycles. The van der Waals surface area contributed by atoms with Crippen molar-refractivity contribution >= 4 is 27.7 Å². The van der Waals surface area contributed by atoms with E-state index in [-0.39, 0.29) is 18.3 Å². The van der Waals surface area contributed by atoms with Gasteiger partial charge in [-0.15, -0.1) is 0 Å². The fraction of sp³-hybridized carbons (Fsp3) is 0.412. The Balaban J connectivity index is 2.30. The van der Waals surface area contributed by atoms with Crippen molar-refractivity contribution in [1.29, 1.82) is 0 Å². The Bertz CT molecular complexity index is 726. The van der Waals surface area contributed by atoms with Gasteiger partial charge in [0, 0.05) is 16.6 Å². The van der Waals surface area contributed by atoms with Crippen molar-refractivity contribution in [3.05, 3.63) is 34.7 Å². The van der Waals surface area contributed by atoms with Crippen molar-refractivity contribution in [1.82, 2.24) is 15.0 Å². The summed E-state index contributed by atoms with van der Waals surface area (Å²) in [4.78, 5) is 25.2. The molecule has 0 unspecified atom stereocenters. The van der Waals surface area contributed by atoms with E-state index in [1.807, 2.05) is 39.8 Å². The summed E-state index contributed by atoms with van der Waals surface area (Å²) in [6.45, 7) is 7.42. The summed E-state index contributed by atoms with van der Waals surface area (Å²) in [5.41, 5.74) is 7.19. The summed E-state index contributed by atoms with van der Waals surface area (Å²) >= 11 is 3.36. The lowest BCUT2D eigenvalue weighted by atomic mass is 9.99. The maximum atomic E-state index is 12.1. The average Bonchev–Trinajstić information content (AvgIpc) is 2.46. The molecule has 0 amide bonds. The molecule has 2 N–H and O–H groups in total. The lowest BCUT2D eigenvalue weighted by Crippen LogP contribution is -2.24. The molecular weight excluding hydrogens is 372 g/mol. The predicted octanol–water partition coefficient (Wildman–Crippen LogP) is 3.72. The minimum atomic E-state index is -0.520. The van der Waals surface area contributed by atoms with Crippen molar-refractivity contribution in [3.8, 4) is 11.4 Å². The standard InChI is InChI=1S/C17H21BrN4O2/c1-10(7-14(23)24-17(2,3)4)15-16(21-9-13(19)22-15)12-6-5-11(18)8-20-12/h5-6,8-10H,7H2,1-4H3,(H2,19,22)/t10-/m1/s1. The van der Waals surface area contributed by atoms with Gasteiger partial charge in [-0.1, -0.05) is 6.92 Å². The SMILES string of the molecule is C[C@H](CC(=O)OC(C)(C)C)c1nc(N)cnc1-c1ccc(Br)cn1. The molecule has 128 valence electrons. The van der Waals surface area contributed by atoms with E-state index in [4.69, 9.17) is 10.5 Å². The molecule has 0 spiro atoms. The van der Waals surface area contributed by atoms with E-state index in [2.05, 4.69) is 30.9 Å². The molecule has 7 heteroatoms. The molecule has 0 radical (unpaired) electrons. The zero-order chi connectivity index (χ0) is 17.9. The first-order valence-corrected chi connectivity index (χ1v) is 8.41. The van der Waals surface area contributed by atoms with E-state index in [0.717, 1.165) is 4.47 Å². The van der Waals surface area contributed by atoms with Crippen LogP contribution in [0.1, 0.15) is 45.7 Å². The Hall–Kier alpha value is -2.02. The van der Waals surface area contributed by atoms with Crippen molar-refractivity contribution < 1.29 is 9.53 Å². The number of aromatic nitrogens is 3. The topological polar surface area (TPSA) is 91.0 Å². The molecule has 0 aliphatic rings. The third-order valence-electron chi connectivity index (χ3n) is 3.15. The molecule has 6 nitrogen and oxygen atoms in total. The monoisotopic (exact) mass is 392 g/mol. The Morgan fingerprint density at radius 3 is 2.58 bits per heavy atom. The first kappa shape index (κ1) is 18.3. The van der Waals surface area contributed by atoms with Crippen LogP contribution in [-0.4, -0.2) is 26.5 Å². The Morgan fingerprint density at radius 1 is 1.29 bits per heavy atom. The fourth-order valence-corrected chi connectivity index (χ4v) is 2.44. The zero-order valence-electron chi connectivity index (χ0n) is 14.2. The van der Waals surface area contributed by atoms with Gasteiger partial charge in [-0.05, 0) is 48.8 Å². The van der Waals surface area contributed by atoms with Gasteiger partial charge in [-0.2, -0.15) is 0 Å². The maximum absolute atomic E-state index is 12.1. The van der Waals surface area contributed by atoms with E-state index >= 15 is 0 Å². The van der Waals surface area contributed by atoms with E-state index < -0.39 is 5.60 Å². The van der Waals surface area contributed by atoms with Gasteiger partial charge in [0.1, 0.15) is 17.1 Å². The second-order valence-corrected chi connectivity index (χ2v) is 7.50. The second kappa shape index (κ2) is 7.25. The number of hydrogen-bond donors (Lipinski definition) is 1. The number of nitrogens with two attached hydrogens (primary N) is 1. The summed E-state index contributed by atoms with van der Waals surface area (Å²) in [5.74, 6) is -0.174. The number of pyridine rings is 1. The van der Waals surface area contributed by atoms with Gasteiger partial charge in [-0.25, -0.2) is 9.97 Å². The largest absolute Gasteiger partial charge is 0.460 e. The molecule has 0 aliphatic carbocycles. The summed E-state index contributed by atoms with van der Waals surface area (Å²) in [6, 6.07) is 3.72. The summed E-state index contributed by atoms with van der Waals surface area (Å²) in [7, 11) is 0. The number of anilines is 1. The van der Waals surface area contributed by atoms with Crippen LogP contribution in [-0.2, 0) is 9.53 Å². The highest BCUT2D eigenvalue weighted by atomic mass is 79.9. The first-order chi connectivity index (χ1) is 11.2. The highest BCUT2D eigenvalue weighted by Gasteiger charge is 2.23. The minimum absolute atomic E-state index is 0.193. The smallest absolute Gasteiger partial charge is 0.306 e. The normalized spacial score (nSPS) is 12.7. The van der Waals surface area contributed by atoms with Crippen molar-refractivity contribution in [2.45, 2.75) is 45.6 Å². The fourth-order valence-electron chi connectivity index (χ4n) is 2.20. The van der Waals surface area contributed by atoms with Gasteiger partial charge in [0.25, 0.3) is 0 Å². The van der Waals surface area contributed by atoms with E-state index in [1.54, 1.807) is 6.20 Å². The van der Waals surface area contributed by atoms with Crippen LogP contribution in [0, 0.1) is 0 Å². The third kappa shape index (κ3) is 4.99. The van der Waals surface area contributed by atoms with E-state index in [1.165, 1.54) is 6.20 Å². The van der Waals surface area contributed by atoms with Crippen molar-refractivity contribution in [3.63, 3.8) is 0 Å². The average molecular weight is 393 g/mol. The Labute approximate surface area is 150 Å². The van der Waals surface area contributed by atoms with Crippen LogP contribution in [0.5, 0.6) is 0 Å². The van der Waals surface area contributed by atoms with Crippen molar-refractivity contribution in [2.75, 3.05) is 5.73 Å². The van der Waals surface area contributed by atoms with E-state index in [0.29, 0.717) is 22.9 Å². The van der Waals surface area contributed by atoms with Crippen LogP contribution >= 0.6 is 15.9 Å². The maximum Gasteiger partial charge on any atom is 0.306 e. The highest BCUT2D eigenvalue weighted by Crippen LogP contribution is 2.28. The molecule has 2 aromatic heterocycles. The molecule has 24 heavy (non-hydrogen) atoms. The lowest BCUT2D eigenvalue weighted by molar-refractivity contribution is -0.155. The van der Waals surface area contributed by atoms with Crippen LogP contribution in [0.3, 0.4) is 0 Å². The number of nitrogen functional groups attached to an aromatic ring is 1. The lowest BCUT2D eigenvalue weighted by Gasteiger charge is -2.21. The van der Waals surface area contributed by atoms with Gasteiger partial charge >= 0.3 is 5.97 Å². The quantitative estimate of drug-likeness (QED) is 0.797. The van der Waals surface area contributed by atoms with Gasteiger partial charge in [0.2, 0.25) is 0 Å². The molecule has 0 aromatic carbocycles. The number of nitrogens with zero attached hydrogens (tertiary/aromatic N) is 3. The molecule has 0 fully saturated rings. The number of halogens is 1. The number of rotatable bonds is 4. The summed E-state index contributed by atoms with van der Waals surface area (Å²) < 4.78 is 6.25. The zero-order valence-corrected chi connectivity index (χ0v) is 15.8. The van der Waals surface area contributed by atoms with Crippen LogP contribution in [0.25, 0.3) is 11.4 Å². The Morgan fingerprint density at radius 2 is 2.00 bits per heavy atom. The van der Waals surface area contributed by atoms with Gasteiger partial charge in [0.15, 0.2) is 0 Å². The number of hydrogen-bond acceptors (Lipinski definition) is 6. The van der Waals surface area contributed by atoms with Crippen LogP contribution < -0.4 is 5.73 Å². The van der Waals surface area contributed by atoms with Gasteiger partial charge in [-0.3, -0.25) is 9.78 Å².